The number of benzene rings is 1. The second-order valence-corrected chi connectivity index (χ2v) is 12.3. The van der Waals surface area contributed by atoms with Crippen molar-refractivity contribution in [2.75, 3.05) is 48.9 Å². The zero-order valence-corrected chi connectivity index (χ0v) is 24.4. The van der Waals surface area contributed by atoms with E-state index >= 15 is 0 Å². The Balaban J connectivity index is 1.18. The maximum absolute atomic E-state index is 13.0. The molecule has 0 radical (unpaired) electrons. The lowest BCUT2D eigenvalue weighted by Crippen LogP contribution is -2.32. The van der Waals surface area contributed by atoms with Crippen molar-refractivity contribution >= 4 is 57.4 Å². The second kappa shape index (κ2) is 10.9. The number of hydrogen-bond donors (Lipinski definition) is 1. The lowest BCUT2D eigenvalue weighted by Gasteiger charge is -2.26. The number of amides is 1. The van der Waals surface area contributed by atoms with Crippen LogP contribution in [0.2, 0.25) is 0 Å². The monoisotopic (exact) mass is 584 g/mol. The lowest BCUT2D eigenvalue weighted by molar-refractivity contribution is 0.0815. The Labute approximate surface area is 246 Å². The first-order valence-electron chi connectivity index (χ1n) is 14.3. The van der Waals surface area contributed by atoms with Gasteiger partial charge in [0, 0.05) is 62.0 Å². The maximum Gasteiger partial charge on any atom is 0.270 e. The minimum absolute atomic E-state index is 0.0327. The van der Waals surface area contributed by atoms with Crippen LogP contribution in [-0.4, -0.2) is 64.0 Å². The van der Waals surface area contributed by atoms with E-state index in [0.29, 0.717) is 23.1 Å². The third-order valence-corrected chi connectivity index (χ3v) is 9.04. The standard InChI is InChI=1S/C31H32N6O4S/c1-35(2)30(39)24-15-20-17-32-31(34-29(20)37(24)22-5-3-4-6-22)33-21-9-7-19(8-10-21)23-18-40-28-25(38)16-26(41-27(23)28)36-11-13-42-14-12-36/h7-10,15-18,22H,3-6,11-14H2,1-2H3,(H,32,33,34). The second-order valence-electron chi connectivity index (χ2n) is 11.1. The highest BCUT2D eigenvalue weighted by Crippen LogP contribution is 2.36. The van der Waals surface area contributed by atoms with E-state index in [2.05, 4.69) is 19.8 Å². The van der Waals surface area contributed by atoms with Gasteiger partial charge in [0.05, 0.1) is 11.6 Å². The summed E-state index contributed by atoms with van der Waals surface area (Å²) in [6.07, 6.45) is 7.72. The molecule has 216 valence electrons. The Morgan fingerprint density at radius 1 is 1.07 bits per heavy atom. The summed E-state index contributed by atoms with van der Waals surface area (Å²) in [5.74, 6) is 3.02. The molecular weight excluding hydrogens is 552 g/mol. The van der Waals surface area contributed by atoms with Crippen LogP contribution in [0.1, 0.15) is 42.2 Å². The molecule has 2 fully saturated rings. The molecule has 2 aliphatic rings. The van der Waals surface area contributed by atoms with Crippen LogP contribution in [0.15, 0.2) is 62.5 Å². The predicted molar refractivity (Wildman–Crippen MR) is 166 cm³/mol. The summed E-state index contributed by atoms with van der Waals surface area (Å²) < 4.78 is 14.0. The zero-order valence-electron chi connectivity index (χ0n) is 23.6. The Bertz CT molecular complexity index is 1830. The molecule has 1 saturated carbocycles. The van der Waals surface area contributed by atoms with Gasteiger partial charge < -0.3 is 28.5 Å². The minimum Gasteiger partial charge on any atom is -0.456 e. The van der Waals surface area contributed by atoms with Crippen molar-refractivity contribution < 1.29 is 13.6 Å². The number of hydrogen-bond acceptors (Lipinski definition) is 9. The van der Waals surface area contributed by atoms with Gasteiger partial charge in [-0.2, -0.15) is 16.7 Å². The summed E-state index contributed by atoms with van der Waals surface area (Å²) >= 11 is 1.90. The number of aromatic nitrogens is 3. The molecule has 0 unspecified atom stereocenters. The Morgan fingerprint density at radius 3 is 2.57 bits per heavy atom. The van der Waals surface area contributed by atoms with Gasteiger partial charge in [-0.05, 0) is 36.6 Å². The number of nitrogens with zero attached hydrogens (tertiary/aromatic N) is 5. The van der Waals surface area contributed by atoms with Crippen molar-refractivity contribution in [2.24, 2.45) is 0 Å². The molecule has 11 heteroatoms. The molecule has 0 spiro atoms. The first-order valence-corrected chi connectivity index (χ1v) is 15.5. The predicted octanol–water partition coefficient (Wildman–Crippen LogP) is 5.91. The average molecular weight is 585 g/mol. The lowest BCUT2D eigenvalue weighted by atomic mass is 10.1. The minimum atomic E-state index is -0.181. The van der Waals surface area contributed by atoms with Gasteiger partial charge in [0.1, 0.15) is 17.6 Å². The fraction of sp³-hybridized carbons (Fsp3) is 0.355. The Hall–Kier alpha value is -4.25. The molecule has 42 heavy (non-hydrogen) atoms. The number of carbonyl (C=O) groups excluding carboxylic acids is 1. The molecular formula is C31H32N6O4S. The molecule has 4 aromatic heterocycles. The fourth-order valence-corrected chi connectivity index (χ4v) is 6.83. The van der Waals surface area contributed by atoms with Gasteiger partial charge in [0.25, 0.3) is 5.91 Å². The molecule has 1 aliphatic carbocycles. The topological polar surface area (TPSA) is 110 Å². The quantitative estimate of drug-likeness (QED) is 0.260. The number of carbonyl (C=O) groups is 1. The molecule has 1 N–H and O–H groups in total. The van der Waals surface area contributed by atoms with Crippen molar-refractivity contribution in [3.63, 3.8) is 0 Å². The summed E-state index contributed by atoms with van der Waals surface area (Å²) in [5, 5.41) is 4.16. The molecule has 1 saturated heterocycles. The molecule has 1 amide bonds. The Kier molecular flexibility index (Phi) is 6.89. The summed E-state index contributed by atoms with van der Waals surface area (Å²) in [6.45, 7) is 1.69. The number of anilines is 3. The fourth-order valence-electron chi connectivity index (χ4n) is 5.93. The van der Waals surface area contributed by atoms with Crippen molar-refractivity contribution in [1.29, 1.82) is 0 Å². The maximum atomic E-state index is 13.0. The third kappa shape index (κ3) is 4.81. The van der Waals surface area contributed by atoms with E-state index in [9.17, 15) is 9.59 Å². The van der Waals surface area contributed by atoms with Gasteiger partial charge in [0.15, 0.2) is 11.5 Å². The van der Waals surface area contributed by atoms with Crippen molar-refractivity contribution in [1.82, 2.24) is 19.4 Å². The number of rotatable bonds is 6. The molecule has 1 aliphatic heterocycles. The average Bonchev–Trinajstić information content (AvgIpc) is 3.76. The zero-order chi connectivity index (χ0) is 28.8. The third-order valence-electron chi connectivity index (χ3n) is 8.10. The van der Waals surface area contributed by atoms with Crippen molar-refractivity contribution in [3.8, 4) is 11.1 Å². The first-order chi connectivity index (χ1) is 20.5. The molecule has 0 atom stereocenters. The van der Waals surface area contributed by atoms with Crippen LogP contribution in [0, 0.1) is 0 Å². The van der Waals surface area contributed by atoms with Gasteiger partial charge in [-0.1, -0.05) is 25.0 Å². The van der Waals surface area contributed by atoms with Gasteiger partial charge in [0.2, 0.25) is 17.0 Å². The summed E-state index contributed by atoms with van der Waals surface area (Å²) in [7, 11) is 3.54. The van der Waals surface area contributed by atoms with E-state index in [1.165, 1.54) is 6.07 Å². The summed E-state index contributed by atoms with van der Waals surface area (Å²) in [4.78, 5) is 38.9. The molecule has 1 aromatic carbocycles. The summed E-state index contributed by atoms with van der Waals surface area (Å²) in [6, 6.07) is 11.4. The van der Waals surface area contributed by atoms with Crippen LogP contribution in [0.4, 0.5) is 17.5 Å². The van der Waals surface area contributed by atoms with E-state index in [0.717, 1.165) is 78.1 Å². The van der Waals surface area contributed by atoms with Crippen LogP contribution in [0.25, 0.3) is 33.3 Å². The SMILES string of the molecule is CN(C)C(=O)c1cc2cnc(Nc3ccc(-c4coc5c(=O)cc(N6CCSCC6)oc45)cc3)nc2n1C1CCCC1. The van der Waals surface area contributed by atoms with Gasteiger partial charge in [-0.25, -0.2) is 4.98 Å². The molecule has 5 aromatic rings. The number of furan rings is 1. The van der Waals surface area contributed by atoms with Gasteiger partial charge >= 0.3 is 0 Å². The van der Waals surface area contributed by atoms with E-state index < -0.39 is 0 Å². The highest BCUT2D eigenvalue weighted by atomic mass is 32.2. The van der Waals surface area contributed by atoms with Crippen LogP contribution < -0.4 is 15.6 Å². The van der Waals surface area contributed by atoms with E-state index in [4.69, 9.17) is 13.8 Å². The van der Waals surface area contributed by atoms with Crippen molar-refractivity contribution in [3.05, 3.63) is 64.8 Å². The van der Waals surface area contributed by atoms with Crippen molar-refractivity contribution in [2.45, 2.75) is 31.7 Å². The van der Waals surface area contributed by atoms with E-state index in [-0.39, 0.29) is 23.0 Å². The van der Waals surface area contributed by atoms with Gasteiger partial charge in [-0.15, -0.1) is 0 Å². The van der Waals surface area contributed by atoms with Crippen LogP contribution in [0.5, 0.6) is 0 Å². The highest BCUT2D eigenvalue weighted by molar-refractivity contribution is 7.99. The number of fused-ring (bicyclic) bond motifs is 2. The summed E-state index contributed by atoms with van der Waals surface area (Å²) in [5.41, 5.74) is 4.33. The van der Waals surface area contributed by atoms with E-state index in [1.54, 1.807) is 31.5 Å². The van der Waals surface area contributed by atoms with Crippen LogP contribution in [-0.2, 0) is 0 Å². The number of thioether (sulfide) groups is 1. The molecule has 0 bridgehead atoms. The van der Waals surface area contributed by atoms with Crippen LogP contribution in [0.3, 0.4) is 0 Å². The van der Waals surface area contributed by atoms with E-state index in [1.807, 2.05) is 42.1 Å². The normalized spacial score (nSPS) is 16.0. The van der Waals surface area contributed by atoms with Crippen LogP contribution >= 0.6 is 11.8 Å². The van der Waals surface area contributed by atoms with Gasteiger partial charge in [-0.3, -0.25) is 9.59 Å². The molecule has 5 heterocycles. The largest absolute Gasteiger partial charge is 0.456 e. The highest BCUT2D eigenvalue weighted by Gasteiger charge is 2.26. The Morgan fingerprint density at radius 2 is 1.83 bits per heavy atom. The molecule has 10 nitrogen and oxygen atoms in total. The smallest absolute Gasteiger partial charge is 0.270 e. The molecule has 7 rings (SSSR count). The number of nitrogens with one attached hydrogen (secondary N) is 1. The first kappa shape index (κ1) is 26.6.